The van der Waals surface area contributed by atoms with Crippen molar-refractivity contribution < 1.29 is 14.0 Å². The number of rotatable bonds is 3. The van der Waals surface area contributed by atoms with Gasteiger partial charge in [-0.25, -0.2) is 4.39 Å². The van der Waals surface area contributed by atoms with Crippen molar-refractivity contribution in [3.8, 4) is 0 Å². The summed E-state index contributed by atoms with van der Waals surface area (Å²) < 4.78 is 13.3. The van der Waals surface area contributed by atoms with Crippen LogP contribution in [0, 0.1) is 11.7 Å². The van der Waals surface area contributed by atoms with Crippen LogP contribution in [0.25, 0.3) is 10.9 Å². The highest BCUT2D eigenvalue weighted by molar-refractivity contribution is 6.06. The Morgan fingerprint density at radius 2 is 1.92 bits per heavy atom. The molecule has 2 N–H and O–H groups in total. The molecule has 6 heteroatoms. The van der Waals surface area contributed by atoms with E-state index in [1.165, 1.54) is 12.1 Å². The molecule has 2 fully saturated rings. The van der Waals surface area contributed by atoms with Crippen molar-refractivity contribution in [1.82, 2.24) is 15.2 Å². The minimum absolute atomic E-state index is 0.0418. The van der Waals surface area contributed by atoms with Crippen molar-refractivity contribution in [3.05, 3.63) is 35.8 Å². The van der Waals surface area contributed by atoms with Crippen LogP contribution in [-0.4, -0.2) is 40.8 Å². The van der Waals surface area contributed by atoms with Crippen molar-refractivity contribution >= 4 is 22.7 Å². The Labute approximate surface area is 139 Å². The average molecular weight is 329 g/mol. The van der Waals surface area contributed by atoms with Crippen molar-refractivity contribution in [3.63, 3.8) is 0 Å². The molecule has 2 heterocycles. The molecule has 0 radical (unpaired) electrons. The number of aromatic amines is 1. The van der Waals surface area contributed by atoms with E-state index in [0.29, 0.717) is 24.2 Å². The maximum absolute atomic E-state index is 13.3. The number of hydrogen-bond acceptors (Lipinski definition) is 2. The van der Waals surface area contributed by atoms with Crippen LogP contribution >= 0.6 is 0 Å². The second-order valence-electron chi connectivity index (χ2n) is 6.74. The predicted molar refractivity (Wildman–Crippen MR) is 88.0 cm³/mol. The molecule has 1 aromatic carbocycles. The number of halogens is 1. The first-order valence-corrected chi connectivity index (χ1v) is 8.48. The van der Waals surface area contributed by atoms with Crippen LogP contribution in [0.1, 0.15) is 36.0 Å². The standard InChI is InChI=1S/C18H20FN3O2/c19-12-3-4-14-15(10-20-16(14)9-12)18(24)22-7-5-13(6-8-22)21-17(23)11-1-2-11/h3-4,9-11,13,20H,1-2,5-8H2,(H,21,23). The molecule has 1 saturated carbocycles. The quantitative estimate of drug-likeness (QED) is 0.908. The number of carbonyl (C=O) groups is 2. The Morgan fingerprint density at radius 1 is 1.17 bits per heavy atom. The molecule has 0 atom stereocenters. The molecule has 0 bridgehead atoms. The fraction of sp³-hybridized carbons (Fsp3) is 0.444. The Bertz CT molecular complexity index is 789. The second-order valence-corrected chi connectivity index (χ2v) is 6.74. The van der Waals surface area contributed by atoms with Crippen LogP contribution in [0.2, 0.25) is 0 Å². The number of carbonyl (C=O) groups excluding carboxylic acids is 2. The third-order valence-electron chi connectivity index (χ3n) is 4.95. The molecule has 0 unspecified atom stereocenters. The Kier molecular flexibility index (Phi) is 3.75. The number of aromatic nitrogens is 1. The molecule has 5 nitrogen and oxygen atoms in total. The summed E-state index contributed by atoms with van der Waals surface area (Å²) in [6, 6.07) is 4.56. The van der Waals surface area contributed by atoms with E-state index in [1.807, 2.05) is 4.90 Å². The van der Waals surface area contributed by atoms with E-state index in [4.69, 9.17) is 0 Å². The van der Waals surface area contributed by atoms with Crippen molar-refractivity contribution in [1.29, 1.82) is 0 Å². The predicted octanol–water partition coefficient (Wildman–Crippen LogP) is 2.44. The third-order valence-corrected chi connectivity index (χ3v) is 4.95. The van der Waals surface area contributed by atoms with E-state index >= 15 is 0 Å². The summed E-state index contributed by atoms with van der Waals surface area (Å²) in [7, 11) is 0. The number of piperidine rings is 1. The Morgan fingerprint density at radius 3 is 2.62 bits per heavy atom. The molecule has 1 aliphatic heterocycles. The number of amides is 2. The topological polar surface area (TPSA) is 65.2 Å². The molecule has 2 amide bonds. The third kappa shape index (κ3) is 2.88. The molecule has 0 spiro atoms. The highest BCUT2D eigenvalue weighted by Gasteiger charge is 2.32. The van der Waals surface area contributed by atoms with E-state index < -0.39 is 0 Å². The zero-order chi connectivity index (χ0) is 16.7. The van der Waals surface area contributed by atoms with E-state index in [1.54, 1.807) is 12.3 Å². The van der Waals surface area contributed by atoms with Crippen LogP contribution in [0.4, 0.5) is 4.39 Å². The lowest BCUT2D eigenvalue weighted by atomic mass is 10.0. The maximum atomic E-state index is 13.3. The smallest absolute Gasteiger partial charge is 0.256 e. The fourth-order valence-corrected chi connectivity index (χ4v) is 3.34. The van der Waals surface area contributed by atoms with Gasteiger partial charge in [-0.2, -0.15) is 0 Å². The first-order valence-electron chi connectivity index (χ1n) is 8.48. The van der Waals surface area contributed by atoms with Gasteiger partial charge in [-0.05, 0) is 43.9 Å². The Hall–Kier alpha value is -2.37. The maximum Gasteiger partial charge on any atom is 0.256 e. The second kappa shape index (κ2) is 5.92. The van der Waals surface area contributed by atoms with Crippen LogP contribution < -0.4 is 5.32 Å². The summed E-state index contributed by atoms with van der Waals surface area (Å²) in [5, 5.41) is 3.83. The van der Waals surface area contributed by atoms with Gasteiger partial charge in [0.05, 0.1) is 5.56 Å². The summed E-state index contributed by atoms with van der Waals surface area (Å²) >= 11 is 0. The number of nitrogens with one attached hydrogen (secondary N) is 2. The summed E-state index contributed by atoms with van der Waals surface area (Å²) in [4.78, 5) is 29.3. The van der Waals surface area contributed by atoms with Gasteiger partial charge in [0.25, 0.3) is 5.91 Å². The van der Waals surface area contributed by atoms with E-state index in [9.17, 15) is 14.0 Å². The molecule has 126 valence electrons. The normalized spacial score (nSPS) is 18.8. The van der Waals surface area contributed by atoms with Gasteiger partial charge in [-0.1, -0.05) is 0 Å². The average Bonchev–Trinajstić information content (AvgIpc) is 3.35. The van der Waals surface area contributed by atoms with Gasteiger partial charge in [-0.15, -0.1) is 0 Å². The lowest BCUT2D eigenvalue weighted by Crippen LogP contribution is -2.46. The number of fused-ring (bicyclic) bond motifs is 1. The minimum atomic E-state index is -0.324. The van der Waals surface area contributed by atoms with Gasteiger partial charge in [0.1, 0.15) is 5.82 Å². The van der Waals surface area contributed by atoms with Crippen molar-refractivity contribution in [2.75, 3.05) is 13.1 Å². The minimum Gasteiger partial charge on any atom is -0.360 e. The zero-order valence-electron chi connectivity index (χ0n) is 13.3. The number of hydrogen-bond donors (Lipinski definition) is 2. The molecule has 1 aliphatic carbocycles. The molecule has 1 saturated heterocycles. The van der Waals surface area contributed by atoms with Crippen molar-refractivity contribution in [2.24, 2.45) is 5.92 Å². The van der Waals surface area contributed by atoms with E-state index in [0.717, 1.165) is 31.1 Å². The SMILES string of the molecule is O=C(NC1CCN(C(=O)c2c[nH]c3cc(F)ccc23)CC1)C1CC1. The number of H-pyrrole nitrogens is 1. The first kappa shape index (κ1) is 15.2. The van der Waals surface area contributed by atoms with Crippen LogP contribution in [-0.2, 0) is 4.79 Å². The molecule has 2 aliphatic rings. The summed E-state index contributed by atoms with van der Waals surface area (Å²) in [6.45, 7) is 1.25. The van der Waals surface area contributed by atoms with E-state index in [-0.39, 0.29) is 29.6 Å². The van der Waals surface area contributed by atoms with Gasteiger partial charge in [0.15, 0.2) is 0 Å². The van der Waals surface area contributed by atoms with Gasteiger partial charge in [0, 0.05) is 42.1 Å². The van der Waals surface area contributed by atoms with Gasteiger partial charge in [-0.3, -0.25) is 9.59 Å². The number of benzene rings is 1. The molecular formula is C18H20FN3O2. The van der Waals surface area contributed by atoms with Crippen LogP contribution in [0.3, 0.4) is 0 Å². The molecule has 4 rings (SSSR count). The fourth-order valence-electron chi connectivity index (χ4n) is 3.34. The molecular weight excluding hydrogens is 309 g/mol. The largest absolute Gasteiger partial charge is 0.360 e. The summed E-state index contributed by atoms with van der Waals surface area (Å²) in [5.41, 5.74) is 1.20. The molecule has 1 aromatic heterocycles. The van der Waals surface area contributed by atoms with Crippen molar-refractivity contribution in [2.45, 2.75) is 31.7 Å². The monoisotopic (exact) mass is 329 g/mol. The van der Waals surface area contributed by atoms with E-state index in [2.05, 4.69) is 10.3 Å². The number of nitrogens with zero attached hydrogens (tertiary/aromatic N) is 1. The van der Waals surface area contributed by atoms with Crippen LogP contribution in [0.15, 0.2) is 24.4 Å². The van der Waals surface area contributed by atoms with Gasteiger partial charge in [0.2, 0.25) is 5.91 Å². The summed E-state index contributed by atoms with van der Waals surface area (Å²) in [6.07, 6.45) is 5.21. The Balaban J connectivity index is 1.41. The first-order chi connectivity index (χ1) is 11.6. The van der Waals surface area contributed by atoms with Gasteiger partial charge < -0.3 is 15.2 Å². The highest BCUT2D eigenvalue weighted by atomic mass is 19.1. The summed E-state index contributed by atoms with van der Waals surface area (Å²) in [5.74, 6) is 0.0186. The van der Waals surface area contributed by atoms with Crippen LogP contribution in [0.5, 0.6) is 0 Å². The number of likely N-dealkylation sites (tertiary alicyclic amines) is 1. The molecule has 24 heavy (non-hydrogen) atoms. The molecule has 2 aromatic rings. The lowest BCUT2D eigenvalue weighted by Gasteiger charge is -2.32. The lowest BCUT2D eigenvalue weighted by molar-refractivity contribution is -0.123. The highest BCUT2D eigenvalue weighted by Crippen LogP contribution is 2.29. The zero-order valence-corrected chi connectivity index (χ0v) is 13.3. The van der Waals surface area contributed by atoms with Gasteiger partial charge >= 0.3 is 0 Å².